The molecule has 3 saturated carbocycles. The van der Waals surface area contributed by atoms with Crippen molar-refractivity contribution in [1.82, 2.24) is 0 Å². The summed E-state index contributed by atoms with van der Waals surface area (Å²) < 4.78 is 0. The zero-order valence-corrected chi connectivity index (χ0v) is 7.77. The van der Waals surface area contributed by atoms with Crippen LogP contribution in [0.15, 0.2) is 0 Å². The van der Waals surface area contributed by atoms with Crippen LogP contribution in [0.5, 0.6) is 0 Å². The van der Waals surface area contributed by atoms with Crippen LogP contribution >= 0.6 is 0 Å². The second-order valence-corrected chi connectivity index (χ2v) is 5.46. The molecule has 3 fully saturated rings. The third-order valence-electron chi connectivity index (χ3n) is 4.48. The number of rotatable bonds is 0. The lowest BCUT2D eigenvalue weighted by atomic mass is 9.75. The Morgan fingerprint density at radius 2 is 1.85 bits per heavy atom. The van der Waals surface area contributed by atoms with E-state index in [0.29, 0.717) is 12.3 Å². The van der Waals surface area contributed by atoms with E-state index in [1.165, 1.54) is 0 Å². The summed E-state index contributed by atoms with van der Waals surface area (Å²) in [7, 11) is 0. The van der Waals surface area contributed by atoms with E-state index >= 15 is 0 Å². The Kier molecular flexibility index (Phi) is 1.23. The van der Waals surface area contributed by atoms with E-state index in [2.05, 4.69) is 0 Å². The molecule has 5 unspecified atom stereocenters. The van der Waals surface area contributed by atoms with Crippen LogP contribution in [-0.2, 0) is 0 Å². The predicted octanol–water partition coefficient (Wildman–Crippen LogP) is -0.111. The highest BCUT2D eigenvalue weighted by atomic mass is 16.3. The van der Waals surface area contributed by atoms with Gasteiger partial charge in [-0.1, -0.05) is 0 Å². The maximum atomic E-state index is 10.2. The van der Waals surface area contributed by atoms with Gasteiger partial charge in [0.15, 0.2) is 0 Å². The van der Waals surface area contributed by atoms with Crippen molar-refractivity contribution in [1.29, 1.82) is 0 Å². The zero-order valence-electron chi connectivity index (χ0n) is 7.77. The van der Waals surface area contributed by atoms with Crippen LogP contribution in [0.25, 0.3) is 0 Å². The van der Waals surface area contributed by atoms with Crippen molar-refractivity contribution >= 4 is 0 Å². The molecule has 0 spiro atoms. The summed E-state index contributed by atoms with van der Waals surface area (Å²) in [5, 5.41) is 30.0. The average molecular weight is 184 g/mol. The van der Waals surface area contributed by atoms with Gasteiger partial charge in [0.05, 0.1) is 17.3 Å². The van der Waals surface area contributed by atoms with E-state index in [1.807, 2.05) is 0 Å². The lowest BCUT2D eigenvalue weighted by molar-refractivity contribution is -0.110. The fourth-order valence-corrected chi connectivity index (χ4v) is 4.45. The van der Waals surface area contributed by atoms with Gasteiger partial charge in [-0.2, -0.15) is 0 Å². The summed E-state index contributed by atoms with van der Waals surface area (Å²) in [5.74, 6) is 0.411. The molecule has 0 aromatic rings. The second kappa shape index (κ2) is 1.95. The number of aliphatic hydroxyl groups is 3. The van der Waals surface area contributed by atoms with Crippen LogP contribution in [0.1, 0.15) is 26.2 Å². The normalized spacial score (nSPS) is 69.2. The third-order valence-corrected chi connectivity index (χ3v) is 4.48. The Bertz CT molecular complexity index is 257. The maximum absolute atomic E-state index is 10.2. The molecule has 13 heavy (non-hydrogen) atoms. The average Bonchev–Trinajstić information content (AvgIpc) is 2.40. The molecular formula is C10H16O3. The van der Waals surface area contributed by atoms with Gasteiger partial charge in [0.2, 0.25) is 0 Å². The lowest BCUT2D eigenvalue weighted by Crippen LogP contribution is -2.47. The Morgan fingerprint density at radius 1 is 1.15 bits per heavy atom. The number of hydrogen-bond donors (Lipinski definition) is 3. The van der Waals surface area contributed by atoms with Crippen LogP contribution in [0.2, 0.25) is 0 Å². The number of hydrogen-bond acceptors (Lipinski definition) is 3. The predicted molar refractivity (Wildman–Crippen MR) is 45.9 cm³/mol. The van der Waals surface area contributed by atoms with Gasteiger partial charge in [-0.15, -0.1) is 0 Å². The molecule has 6 atom stereocenters. The summed E-state index contributed by atoms with van der Waals surface area (Å²) in [6.45, 7) is 1.80. The SMILES string of the molecule is CC1(O)CC2CC3(O)C[C@@H](O)C2C13. The Balaban J connectivity index is 2.07. The first-order valence-corrected chi connectivity index (χ1v) is 5.07. The molecule has 3 rings (SSSR count). The minimum absolute atomic E-state index is 0.0833. The molecule has 3 heteroatoms. The van der Waals surface area contributed by atoms with Crippen molar-refractivity contribution in [2.45, 2.75) is 43.5 Å². The third kappa shape index (κ3) is 0.767. The molecule has 3 nitrogen and oxygen atoms in total. The van der Waals surface area contributed by atoms with Crippen molar-refractivity contribution in [2.75, 3.05) is 0 Å². The largest absolute Gasteiger partial charge is 0.393 e. The zero-order chi connectivity index (χ0) is 9.43. The van der Waals surface area contributed by atoms with E-state index in [4.69, 9.17) is 0 Å². The Morgan fingerprint density at radius 3 is 2.31 bits per heavy atom. The maximum Gasteiger partial charge on any atom is 0.0734 e. The summed E-state index contributed by atoms with van der Waals surface area (Å²) in [5.41, 5.74) is -1.52. The smallest absolute Gasteiger partial charge is 0.0734 e. The van der Waals surface area contributed by atoms with Crippen molar-refractivity contribution in [3.63, 3.8) is 0 Å². The summed E-state index contributed by atoms with van der Waals surface area (Å²) >= 11 is 0. The fourth-order valence-electron chi connectivity index (χ4n) is 4.45. The summed E-state index contributed by atoms with van der Waals surface area (Å²) in [4.78, 5) is 0. The fraction of sp³-hybridized carbons (Fsp3) is 1.00. The lowest BCUT2D eigenvalue weighted by Gasteiger charge is -2.39. The molecule has 0 aromatic heterocycles. The Hall–Kier alpha value is -0.120. The standard InChI is InChI=1S/C10H16O3/c1-9(12)2-5-3-10(13)4-6(11)7(5)8(9)10/h5-8,11-13H,2-4H2,1H3/t5?,6-,7?,8?,9?,10?/m1/s1. The topological polar surface area (TPSA) is 60.7 Å². The van der Waals surface area contributed by atoms with Crippen molar-refractivity contribution in [2.24, 2.45) is 17.8 Å². The van der Waals surface area contributed by atoms with Crippen molar-refractivity contribution < 1.29 is 15.3 Å². The van der Waals surface area contributed by atoms with Gasteiger partial charge in [-0.3, -0.25) is 0 Å². The molecule has 0 saturated heterocycles. The molecule has 0 aromatic carbocycles. The molecule has 74 valence electrons. The highest BCUT2D eigenvalue weighted by Crippen LogP contribution is 2.66. The van der Waals surface area contributed by atoms with Gasteiger partial charge >= 0.3 is 0 Å². The molecule has 3 aliphatic rings. The van der Waals surface area contributed by atoms with Gasteiger partial charge in [-0.05, 0) is 31.6 Å². The summed E-state index contributed by atoms with van der Waals surface area (Å²) in [6, 6.07) is 0. The highest BCUT2D eigenvalue weighted by Gasteiger charge is 2.71. The van der Waals surface area contributed by atoms with Crippen LogP contribution < -0.4 is 0 Å². The number of aliphatic hydroxyl groups excluding tert-OH is 1. The van der Waals surface area contributed by atoms with Gasteiger partial charge in [0.1, 0.15) is 0 Å². The first-order chi connectivity index (χ1) is 5.94. The molecule has 0 aliphatic heterocycles. The van der Waals surface area contributed by atoms with Crippen molar-refractivity contribution in [3.8, 4) is 0 Å². The molecule has 0 amide bonds. The molecule has 3 aliphatic carbocycles. The van der Waals surface area contributed by atoms with E-state index in [1.54, 1.807) is 6.92 Å². The highest BCUT2D eigenvalue weighted by molar-refractivity contribution is 5.21. The van der Waals surface area contributed by atoms with Crippen LogP contribution in [0, 0.1) is 17.8 Å². The first-order valence-electron chi connectivity index (χ1n) is 5.07. The summed E-state index contributed by atoms with van der Waals surface area (Å²) in [6.07, 6.45) is 1.62. The monoisotopic (exact) mass is 184 g/mol. The van der Waals surface area contributed by atoms with Gasteiger partial charge < -0.3 is 15.3 Å². The van der Waals surface area contributed by atoms with Crippen LogP contribution in [0.4, 0.5) is 0 Å². The minimum atomic E-state index is -0.767. The quantitative estimate of drug-likeness (QED) is 0.492. The van der Waals surface area contributed by atoms with Gasteiger partial charge in [-0.25, -0.2) is 0 Å². The Labute approximate surface area is 77.4 Å². The van der Waals surface area contributed by atoms with E-state index in [9.17, 15) is 15.3 Å². The molecule has 0 heterocycles. The molecule has 3 N–H and O–H groups in total. The van der Waals surface area contributed by atoms with Gasteiger partial charge in [0, 0.05) is 12.3 Å². The van der Waals surface area contributed by atoms with Crippen molar-refractivity contribution in [3.05, 3.63) is 0 Å². The molecule has 4 bridgehead atoms. The van der Waals surface area contributed by atoms with E-state index in [-0.39, 0.29) is 17.9 Å². The minimum Gasteiger partial charge on any atom is -0.393 e. The van der Waals surface area contributed by atoms with Crippen LogP contribution in [-0.4, -0.2) is 32.6 Å². The van der Waals surface area contributed by atoms with Gasteiger partial charge in [0.25, 0.3) is 0 Å². The second-order valence-electron chi connectivity index (χ2n) is 5.46. The molecule has 0 radical (unpaired) electrons. The van der Waals surface area contributed by atoms with E-state index in [0.717, 1.165) is 12.8 Å². The first kappa shape index (κ1) is 8.21. The molecular weight excluding hydrogens is 168 g/mol. The van der Waals surface area contributed by atoms with Crippen LogP contribution in [0.3, 0.4) is 0 Å². The van der Waals surface area contributed by atoms with E-state index < -0.39 is 11.2 Å².